The van der Waals surface area contributed by atoms with Crippen molar-refractivity contribution in [1.29, 1.82) is 0 Å². The van der Waals surface area contributed by atoms with Gasteiger partial charge in [0.1, 0.15) is 17.4 Å². The number of aliphatic carboxylic acids is 1. The summed E-state index contributed by atoms with van der Waals surface area (Å²) in [5, 5.41) is 12.2. The lowest BCUT2D eigenvalue weighted by Gasteiger charge is -2.28. The van der Waals surface area contributed by atoms with E-state index in [1.54, 1.807) is 24.4 Å². The number of thioether (sulfide) groups is 1. The zero-order chi connectivity index (χ0) is 31.5. The highest BCUT2D eigenvalue weighted by Crippen LogP contribution is 2.40. The van der Waals surface area contributed by atoms with E-state index in [4.69, 9.17) is 38.8 Å². The maximum absolute atomic E-state index is 15.2. The van der Waals surface area contributed by atoms with Crippen molar-refractivity contribution >= 4 is 52.5 Å². The van der Waals surface area contributed by atoms with Crippen molar-refractivity contribution in [2.24, 2.45) is 5.73 Å². The van der Waals surface area contributed by atoms with Crippen molar-refractivity contribution in [3.05, 3.63) is 99.3 Å². The van der Waals surface area contributed by atoms with Crippen LogP contribution in [0.15, 0.2) is 66.0 Å². The SMILES string of the molecule is COc1cc(C(C)(C)c2cnc(SCc3c(F)cc(NC(=O)[C@@H](N)CC(=O)O)cc3Cl)n2-c2ccc(F)cc2)ccc1Cl. The van der Waals surface area contributed by atoms with Crippen LogP contribution in [0.2, 0.25) is 10.0 Å². The van der Waals surface area contributed by atoms with E-state index in [-0.39, 0.29) is 22.0 Å². The van der Waals surface area contributed by atoms with Crippen molar-refractivity contribution in [3.8, 4) is 11.4 Å². The summed E-state index contributed by atoms with van der Waals surface area (Å²) < 4.78 is 36.3. The minimum atomic E-state index is -1.31. The molecule has 4 N–H and O–H groups in total. The lowest BCUT2D eigenvalue weighted by Crippen LogP contribution is -2.37. The number of halogens is 4. The number of ether oxygens (including phenoxy) is 1. The molecule has 0 spiro atoms. The first-order chi connectivity index (χ1) is 20.3. The van der Waals surface area contributed by atoms with Crippen molar-refractivity contribution in [2.75, 3.05) is 12.4 Å². The van der Waals surface area contributed by atoms with Crippen LogP contribution in [-0.4, -0.2) is 39.7 Å². The summed E-state index contributed by atoms with van der Waals surface area (Å²) in [5.74, 6) is -2.51. The van der Waals surface area contributed by atoms with Gasteiger partial charge in [0, 0.05) is 33.1 Å². The second-order valence-electron chi connectivity index (χ2n) is 10.1. The quantitative estimate of drug-likeness (QED) is 0.153. The molecule has 8 nitrogen and oxygen atoms in total. The van der Waals surface area contributed by atoms with E-state index < -0.39 is 41.4 Å². The van der Waals surface area contributed by atoms with E-state index in [0.29, 0.717) is 21.6 Å². The van der Waals surface area contributed by atoms with Crippen LogP contribution in [0.5, 0.6) is 5.75 Å². The van der Waals surface area contributed by atoms with Gasteiger partial charge in [-0.15, -0.1) is 0 Å². The van der Waals surface area contributed by atoms with Crippen LogP contribution in [0.25, 0.3) is 5.69 Å². The van der Waals surface area contributed by atoms with Crippen molar-refractivity contribution < 1.29 is 28.2 Å². The smallest absolute Gasteiger partial charge is 0.305 e. The van der Waals surface area contributed by atoms with Crippen molar-refractivity contribution in [1.82, 2.24) is 9.55 Å². The Morgan fingerprint density at radius 3 is 2.44 bits per heavy atom. The third-order valence-corrected chi connectivity index (χ3v) is 8.44. The first-order valence-electron chi connectivity index (χ1n) is 12.9. The Morgan fingerprint density at radius 2 is 1.81 bits per heavy atom. The summed E-state index contributed by atoms with van der Waals surface area (Å²) in [4.78, 5) is 27.6. The summed E-state index contributed by atoms with van der Waals surface area (Å²) in [6.45, 7) is 4.01. The number of carboxylic acid groups (broad SMARTS) is 1. The van der Waals surface area contributed by atoms with Crippen LogP contribution in [0.1, 0.15) is 37.1 Å². The molecular formula is C30H28Cl2F2N4O4S. The molecule has 13 heteroatoms. The molecule has 0 aliphatic carbocycles. The fourth-order valence-corrected chi connectivity index (χ4v) is 5.95. The number of anilines is 1. The molecular weight excluding hydrogens is 621 g/mol. The summed E-state index contributed by atoms with van der Waals surface area (Å²) in [6.07, 6.45) is 1.13. The molecule has 4 rings (SSSR count). The Balaban J connectivity index is 1.66. The number of carbonyl (C=O) groups excluding carboxylic acids is 1. The van der Waals surface area contributed by atoms with Gasteiger partial charge < -0.3 is 20.9 Å². The number of benzene rings is 3. The van der Waals surface area contributed by atoms with Crippen molar-refractivity contribution in [2.45, 2.75) is 42.6 Å². The van der Waals surface area contributed by atoms with Crippen LogP contribution in [0.3, 0.4) is 0 Å². The molecule has 0 unspecified atom stereocenters. The standard InChI is InChI=1S/C30H28Cl2F2N4O4S/c1-30(2,16-4-9-21(31)25(10-16)42-3)26-14-36-29(38(26)19-7-5-17(33)6-8-19)43-15-20-22(32)11-18(12-23(20)34)37-28(41)24(35)13-27(39)40/h4-12,14,24H,13,15,35H2,1-3H3,(H,37,41)(H,39,40)/t24-/m0/s1. The first-order valence-corrected chi connectivity index (χ1v) is 14.6. The van der Waals surface area contributed by atoms with Gasteiger partial charge in [-0.2, -0.15) is 0 Å². The highest BCUT2D eigenvalue weighted by molar-refractivity contribution is 7.98. The normalized spacial score (nSPS) is 12.2. The summed E-state index contributed by atoms with van der Waals surface area (Å²) in [7, 11) is 1.54. The number of rotatable bonds is 11. The first kappa shape index (κ1) is 32.3. The van der Waals surface area contributed by atoms with Gasteiger partial charge in [-0.3, -0.25) is 14.2 Å². The number of carboxylic acids is 1. The van der Waals surface area contributed by atoms with Gasteiger partial charge in [0.25, 0.3) is 0 Å². The molecule has 1 atom stereocenters. The maximum atomic E-state index is 15.2. The predicted molar refractivity (Wildman–Crippen MR) is 163 cm³/mol. The lowest BCUT2D eigenvalue weighted by atomic mass is 9.81. The van der Waals surface area contributed by atoms with Crippen LogP contribution in [0, 0.1) is 11.6 Å². The van der Waals surface area contributed by atoms with E-state index in [9.17, 15) is 14.0 Å². The molecule has 0 aliphatic heterocycles. The molecule has 1 amide bonds. The summed E-state index contributed by atoms with van der Waals surface area (Å²) >= 11 is 13.9. The van der Waals surface area contributed by atoms with Gasteiger partial charge in [-0.1, -0.05) is 54.9 Å². The Hall–Kier alpha value is -3.64. The zero-order valence-electron chi connectivity index (χ0n) is 23.3. The minimum Gasteiger partial charge on any atom is -0.495 e. The molecule has 226 valence electrons. The second kappa shape index (κ2) is 13.3. The molecule has 43 heavy (non-hydrogen) atoms. The van der Waals surface area contributed by atoms with Gasteiger partial charge in [-0.25, -0.2) is 13.8 Å². The van der Waals surface area contributed by atoms with Crippen LogP contribution in [0.4, 0.5) is 14.5 Å². The molecule has 1 aromatic heterocycles. The summed E-state index contributed by atoms with van der Waals surface area (Å²) in [6, 6.07) is 12.6. The third kappa shape index (κ3) is 7.30. The Labute approximate surface area is 261 Å². The third-order valence-electron chi connectivity index (χ3n) is 6.81. The number of carbonyl (C=O) groups is 2. The Morgan fingerprint density at radius 1 is 1.12 bits per heavy atom. The van der Waals surface area contributed by atoms with E-state index in [0.717, 1.165) is 17.3 Å². The van der Waals surface area contributed by atoms with E-state index >= 15 is 4.39 Å². The molecule has 0 radical (unpaired) electrons. The fourth-order valence-electron chi connectivity index (χ4n) is 4.38. The van der Waals surface area contributed by atoms with Gasteiger partial charge in [0.05, 0.1) is 36.5 Å². The van der Waals surface area contributed by atoms with Gasteiger partial charge in [-0.05, 0) is 54.1 Å². The average Bonchev–Trinajstić information content (AvgIpc) is 3.37. The molecule has 0 saturated carbocycles. The second-order valence-corrected chi connectivity index (χ2v) is 11.9. The number of hydrogen-bond donors (Lipinski definition) is 3. The highest BCUT2D eigenvalue weighted by atomic mass is 35.5. The Bertz CT molecular complexity index is 1640. The van der Waals surface area contributed by atoms with Crippen LogP contribution < -0.4 is 15.8 Å². The topological polar surface area (TPSA) is 119 Å². The van der Waals surface area contributed by atoms with E-state index in [2.05, 4.69) is 10.3 Å². The highest BCUT2D eigenvalue weighted by Gasteiger charge is 2.30. The Kier molecular flexibility index (Phi) is 10.0. The fraction of sp³-hybridized carbons (Fsp3) is 0.233. The molecule has 0 aliphatic rings. The molecule has 4 aromatic rings. The monoisotopic (exact) mass is 648 g/mol. The van der Waals surface area contributed by atoms with Gasteiger partial charge in [0.2, 0.25) is 5.91 Å². The largest absolute Gasteiger partial charge is 0.495 e. The lowest BCUT2D eigenvalue weighted by molar-refractivity contribution is -0.138. The number of nitrogens with one attached hydrogen (secondary N) is 1. The number of methoxy groups -OCH3 is 1. The van der Waals surface area contributed by atoms with Crippen LogP contribution in [-0.2, 0) is 20.8 Å². The number of nitrogens with two attached hydrogens (primary N) is 1. The molecule has 0 fully saturated rings. The number of amides is 1. The van der Waals surface area contributed by atoms with Crippen LogP contribution >= 0.6 is 35.0 Å². The number of nitrogens with zero attached hydrogens (tertiary/aromatic N) is 2. The summed E-state index contributed by atoms with van der Waals surface area (Å²) in [5.41, 5.74) is 7.47. The zero-order valence-corrected chi connectivity index (χ0v) is 25.7. The number of imidazole rings is 1. The number of hydrogen-bond acceptors (Lipinski definition) is 6. The van der Waals surface area contributed by atoms with Gasteiger partial charge >= 0.3 is 5.97 Å². The van der Waals surface area contributed by atoms with E-state index in [1.165, 1.54) is 37.1 Å². The molecule has 0 saturated heterocycles. The maximum Gasteiger partial charge on any atom is 0.305 e. The van der Waals surface area contributed by atoms with Gasteiger partial charge in [0.15, 0.2) is 5.16 Å². The molecule has 3 aromatic carbocycles. The average molecular weight is 650 g/mol. The van der Waals surface area contributed by atoms with E-state index in [1.807, 2.05) is 30.5 Å². The minimum absolute atomic E-state index is 0.0392. The van der Waals surface area contributed by atoms with Crippen molar-refractivity contribution in [3.63, 3.8) is 0 Å². The number of aromatic nitrogens is 2. The molecule has 0 bridgehead atoms. The predicted octanol–water partition coefficient (Wildman–Crippen LogP) is 6.82. The molecule has 1 heterocycles.